The van der Waals surface area contributed by atoms with E-state index in [1.807, 2.05) is 32.0 Å². The van der Waals surface area contributed by atoms with Crippen molar-refractivity contribution in [2.45, 2.75) is 51.2 Å². The largest absolute Gasteiger partial charge is 0.373 e. The number of benzene rings is 1. The van der Waals surface area contributed by atoms with Gasteiger partial charge < -0.3 is 14.6 Å². The fourth-order valence-corrected chi connectivity index (χ4v) is 3.14. The molecule has 0 spiro atoms. The van der Waals surface area contributed by atoms with Crippen molar-refractivity contribution >= 4 is 5.91 Å². The van der Waals surface area contributed by atoms with Crippen molar-refractivity contribution in [3.05, 3.63) is 47.6 Å². The smallest absolute Gasteiger partial charge is 0.232 e. The summed E-state index contributed by atoms with van der Waals surface area (Å²) in [4.78, 5) is 15.9. The van der Waals surface area contributed by atoms with Gasteiger partial charge in [0.1, 0.15) is 0 Å². The van der Waals surface area contributed by atoms with Crippen molar-refractivity contribution in [3.63, 3.8) is 0 Å². The van der Waals surface area contributed by atoms with Crippen LogP contribution in [0.4, 0.5) is 0 Å². The molecule has 1 amide bonds. The standard InChI is InChI=1S/C18H23N3O3/c1-12(22)20-18(2,3)17-19-16(24-21-17)14-10-7-11-23-15(14)13-8-5-4-6-9-13/h4-6,8-9,14-15H,7,10-11H2,1-3H3,(H,20,22)/t14-,15-/m0/s1. The molecule has 6 heteroatoms. The van der Waals surface area contributed by atoms with Crippen molar-refractivity contribution in [1.29, 1.82) is 0 Å². The van der Waals surface area contributed by atoms with Gasteiger partial charge in [0, 0.05) is 13.5 Å². The molecule has 0 bridgehead atoms. The summed E-state index contributed by atoms with van der Waals surface area (Å²) in [6.45, 7) is 5.92. The molecule has 0 radical (unpaired) electrons. The normalized spacial score (nSPS) is 21.5. The topological polar surface area (TPSA) is 77.2 Å². The maximum absolute atomic E-state index is 11.4. The monoisotopic (exact) mass is 329 g/mol. The molecule has 0 saturated carbocycles. The van der Waals surface area contributed by atoms with Gasteiger partial charge in [-0.25, -0.2) is 0 Å². The maximum atomic E-state index is 11.4. The minimum absolute atomic E-state index is 0.0236. The lowest BCUT2D eigenvalue weighted by atomic mass is 9.89. The molecule has 2 heterocycles. The number of carbonyl (C=O) groups excluding carboxylic acids is 1. The highest BCUT2D eigenvalue weighted by Gasteiger charge is 2.35. The van der Waals surface area contributed by atoms with Crippen molar-refractivity contribution in [1.82, 2.24) is 15.5 Å². The molecule has 1 saturated heterocycles. The third-order valence-corrected chi connectivity index (χ3v) is 4.26. The predicted molar refractivity (Wildman–Crippen MR) is 88.3 cm³/mol. The first-order valence-corrected chi connectivity index (χ1v) is 8.27. The van der Waals surface area contributed by atoms with E-state index in [-0.39, 0.29) is 17.9 Å². The number of ether oxygens (including phenoxy) is 1. The molecule has 1 aliphatic heterocycles. The lowest BCUT2D eigenvalue weighted by Crippen LogP contribution is -2.40. The summed E-state index contributed by atoms with van der Waals surface area (Å²) in [6, 6.07) is 10.1. The number of hydrogen-bond acceptors (Lipinski definition) is 5. The molecule has 3 rings (SSSR count). The highest BCUT2D eigenvalue weighted by atomic mass is 16.5. The van der Waals surface area contributed by atoms with Gasteiger partial charge in [0.05, 0.1) is 17.6 Å². The van der Waals surface area contributed by atoms with Crippen LogP contribution >= 0.6 is 0 Å². The van der Waals surface area contributed by atoms with E-state index in [0.29, 0.717) is 11.7 Å². The second-order valence-corrected chi connectivity index (χ2v) is 6.71. The van der Waals surface area contributed by atoms with Crippen LogP contribution in [0, 0.1) is 0 Å². The first-order chi connectivity index (χ1) is 11.5. The molecule has 1 N–H and O–H groups in total. The van der Waals surface area contributed by atoms with Crippen LogP contribution in [-0.2, 0) is 15.1 Å². The molecule has 2 atom stereocenters. The molecule has 1 aromatic carbocycles. The van der Waals surface area contributed by atoms with Gasteiger partial charge in [-0.05, 0) is 32.3 Å². The van der Waals surface area contributed by atoms with Gasteiger partial charge in [-0.1, -0.05) is 35.5 Å². The minimum atomic E-state index is -0.675. The van der Waals surface area contributed by atoms with E-state index >= 15 is 0 Å². The Bertz CT molecular complexity index is 697. The maximum Gasteiger partial charge on any atom is 0.232 e. The lowest BCUT2D eigenvalue weighted by molar-refractivity contribution is -0.120. The number of amides is 1. The third kappa shape index (κ3) is 3.48. The number of rotatable bonds is 4. The number of hydrogen-bond donors (Lipinski definition) is 1. The Labute approximate surface area is 141 Å². The van der Waals surface area contributed by atoms with E-state index in [4.69, 9.17) is 9.26 Å². The van der Waals surface area contributed by atoms with E-state index < -0.39 is 5.54 Å². The Morgan fingerprint density at radius 3 is 2.75 bits per heavy atom. The van der Waals surface area contributed by atoms with Crippen molar-refractivity contribution in [2.24, 2.45) is 0 Å². The summed E-state index contributed by atoms with van der Waals surface area (Å²) in [5, 5.41) is 6.93. The highest BCUT2D eigenvalue weighted by Crippen LogP contribution is 2.40. The average Bonchev–Trinajstić information content (AvgIpc) is 3.05. The number of carbonyl (C=O) groups is 1. The van der Waals surface area contributed by atoms with Gasteiger partial charge in [0.25, 0.3) is 0 Å². The summed E-state index contributed by atoms with van der Waals surface area (Å²) in [5.41, 5.74) is 0.439. The van der Waals surface area contributed by atoms with Crippen LogP contribution in [0.15, 0.2) is 34.9 Å². The van der Waals surface area contributed by atoms with Crippen LogP contribution in [0.5, 0.6) is 0 Å². The van der Waals surface area contributed by atoms with E-state index in [0.717, 1.165) is 25.0 Å². The van der Waals surface area contributed by atoms with E-state index in [9.17, 15) is 4.79 Å². The molecule has 0 unspecified atom stereocenters. The van der Waals surface area contributed by atoms with E-state index in [1.165, 1.54) is 6.92 Å². The van der Waals surface area contributed by atoms with Crippen LogP contribution in [0.1, 0.15) is 62.9 Å². The Morgan fingerprint density at radius 1 is 1.29 bits per heavy atom. The zero-order valence-corrected chi connectivity index (χ0v) is 14.3. The van der Waals surface area contributed by atoms with Crippen molar-refractivity contribution < 1.29 is 14.1 Å². The van der Waals surface area contributed by atoms with Gasteiger partial charge in [-0.2, -0.15) is 4.98 Å². The van der Waals surface area contributed by atoms with Gasteiger partial charge in [0.15, 0.2) is 5.82 Å². The molecule has 128 valence electrons. The lowest BCUT2D eigenvalue weighted by Gasteiger charge is -2.29. The summed E-state index contributed by atoms with van der Waals surface area (Å²) < 4.78 is 11.5. The van der Waals surface area contributed by atoms with E-state index in [1.54, 1.807) is 0 Å². The molecule has 2 aromatic rings. The quantitative estimate of drug-likeness (QED) is 0.933. The summed E-state index contributed by atoms with van der Waals surface area (Å²) in [5.74, 6) is 0.937. The van der Waals surface area contributed by atoms with Crippen LogP contribution in [0.3, 0.4) is 0 Å². The number of nitrogens with zero attached hydrogens (tertiary/aromatic N) is 2. The van der Waals surface area contributed by atoms with Gasteiger partial charge in [-0.15, -0.1) is 0 Å². The molecule has 1 aliphatic rings. The zero-order chi connectivity index (χ0) is 17.2. The SMILES string of the molecule is CC(=O)NC(C)(C)c1noc([C@H]2CCCO[C@H]2c2ccccc2)n1. The fourth-order valence-electron chi connectivity index (χ4n) is 3.14. The van der Waals surface area contributed by atoms with Crippen LogP contribution in [0.2, 0.25) is 0 Å². The number of nitrogens with one attached hydrogen (secondary N) is 1. The van der Waals surface area contributed by atoms with Gasteiger partial charge >= 0.3 is 0 Å². The number of aromatic nitrogens is 2. The predicted octanol–water partition coefficient (Wildman–Crippen LogP) is 3.08. The molecule has 1 fully saturated rings. The molecule has 24 heavy (non-hydrogen) atoms. The molecule has 6 nitrogen and oxygen atoms in total. The first-order valence-electron chi connectivity index (χ1n) is 8.27. The minimum Gasteiger partial charge on any atom is -0.373 e. The summed E-state index contributed by atoms with van der Waals surface area (Å²) in [6.07, 6.45) is 1.81. The first kappa shape index (κ1) is 16.6. The second kappa shape index (κ2) is 6.73. The summed E-state index contributed by atoms with van der Waals surface area (Å²) in [7, 11) is 0. The van der Waals surface area contributed by atoms with Gasteiger partial charge in [-0.3, -0.25) is 4.79 Å². The van der Waals surface area contributed by atoms with Crippen molar-refractivity contribution in [3.8, 4) is 0 Å². The zero-order valence-electron chi connectivity index (χ0n) is 14.3. The fraction of sp³-hybridized carbons (Fsp3) is 0.500. The second-order valence-electron chi connectivity index (χ2n) is 6.71. The molecular weight excluding hydrogens is 306 g/mol. The van der Waals surface area contributed by atoms with Crippen LogP contribution in [-0.4, -0.2) is 22.7 Å². The van der Waals surface area contributed by atoms with Crippen LogP contribution in [0.25, 0.3) is 0 Å². The van der Waals surface area contributed by atoms with E-state index in [2.05, 4.69) is 27.6 Å². The van der Waals surface area contributed by atoms with Crippen LogP contribution < -0.4 is 5.32 Å². The van der Waals surface area contributed by atoms with Crippen molar-refractivity contribution in [2.75, 3.05) is 6.61 Å². The molecule has 0 aliphatic carbocycles. The Hall–Kier alpha value is -2.21. The molecular formula is C18H23N3O3. The highest BCUT2D eigenvalue weighted by molar-refractivity contribution is 5.73. The molecule has 1 aromatic heterocycles. The summed E-state index contributed by atoms with van der Waals surface area (Å²) >= 11 is 0. The average molecular weight is 329 g/mol. The Morgan fingerprint density at radius 2 is 2.04 bits per heavy atom. The third-order valence-electron chi connectivity index (χ3n) is 4.26. The Balaban J connectivity index is 1.86. The Kier molecular flexibility index (Phi) is 4.66. The van der Waals surface area contributed by atoms with Gasteiger partial charge in [0.2, 0.25) is 11.8 Å².